The fourth-order valence-corrected chi connectivity index (χ4v) is 2.93. The molecule has 0 aromatic rings. The third-order valence-corrected chi connectivity index (χ3v) is 5.29. The van der Waals surface area contributed by atoms with Crippen LogP contribution in [0.5, 0.6) is 0 Å². The molecule has 24 heavy (non-hydrogen) atoms. The molecule has 0 radical (unpaired) electrons. The molecule has 0 aliphatic heterocycles. The Morgan fingerprint density at radius 3 is 1.12 bits per heavy atom. The second kappa shape index (κ2) is 11.6. The molecule has 0 aliphatic carbocycles. The van der Waals surface area contributed by atoms with Gasteiger partial charge in [-0.2, -0.15) is 0 Å². The van der Waals surface area contributed by atoms with Crippen LogP contribution in [0.15, 0.2) is 25.3 Å². The van der Waals surface area contributed by atoms with E-state index in [-0.39, 0.29) is 25.7 Å². The van der Waals surface area contributed by atoms with Crippen molar-refractivity contribution < 1.29 is 34.4 Å². The van der Waals surface area contributed by atoms with Crippen LogP contribution in [-0.2, 0) is 20.0 Å². The summed E-state index contributed by atoms with van der Waals surface area (Å²) in [6, 6.07) is 0. The van der Waals surface area contributed by atoms with E-state index in [0.29, 0.717) is 0 Å². The van der Waals surface area contributed by atoms with E-state index in [1.807, 2.05) is 0 Å². The molecule has 0 saturated carbocycles. The average molecular weight is 398 g/mol. The van der Waals surface area contributed by atoms with Gasteiger partial charge in [0.1, 0.15) is 10.5 Å². The number of sulfonamides is 2. The lowest BCUT2D eigenvalue weighted by Crippen LogP contribution is -2.34. The van der Waals surface area contributed by atoms with Crippen molar-refractivity contribution in [3.8, 4) is 0 Å². The van der Waals surface area contributed by atoms with E-state index in [4.69, 9.17) is 0 Å². The first-order valence-electron chi connectivity index (χ1n) is 6.60. The summed E-state index contributed by atoms with van der Waals surface area (Å²) in [5.41, 5.74) is 0. The number of rotatable bonds is 10. The summed E-state index contributed by atoms with van der Waals surface area (Å²) in [4.78, 5) is 0. The summed E-state index contributed by atoms with van der Waals surface area (Å²) >= 11 is 0. The van der Waals surface area contributed by atoms with Crippen LogP contribution in [-0.4, -0.2) is 40.2 Å². The van der Waals surface area contributed by atoms with Crippen molar-refractivity contribution in [3.63, 3.8) is 0 Å². The van der Waals surface area contributed by atoms with Crippen molar-refractivity contribution in [1.29, 1.82) is 0 Å². The first-order chi connectivity index (χ1) is 10.8. The van der Waals surface area contributed by atoms with E-state index >= 15 is 0 Å². The topological polar surface area (TPSA) is 120 Å². The van der Waals surface area contributed by atoms with E-state index in [1.54, 1.807) is 0 Å². The highest BCUT2D eigenvalue weighted by atomic mass is 32.2. The maximum atomic E-state index is 12.0. The van der Waals surface area contributed by atoms with Gasteiger partial charge in [0, 0.05) is 0 Å². The van der Waals surface area contributed by atoms with Gasteiger partial charge in [0.25, 0.3) is 12.9 Å². The van der Waals surface area contributed by atoms with E-state index in [9.17, 15) is 34.4 Å². The molecule has 12 heteroatoms. The molecule has 0 bridgehead atoms. The number of allylic oxidation sites excluding steroid dienone is 2. The zero-order valence-electron chi connectivity index (χ0n) is 12.8. The largest absolute Gasteiger partial charge is 0.256 e. The van der Waals surface area contributed by atoms with Gasteiger partial charge in [-0.1, -0.05) is 12.2 Å². The van der Waals surface area contributed by atoms with Crippen LogP contribution in [0.3, 0.4) is 0 Å². The lowest BCUT2D eigenvalue weighted by atomic mass is 10.2. The maximum absolute atomic E-state index is 12.0. The molecule has 0 spiro atoms. The van der Waals surface area contributed by atoms with Gasteiger partial charge in [-0.05, 0) is 25.7 Å². The Balaban J connectivity index is 0. The molecule has 0 amide bonds. The van der Waals surface area contributed by atoms with Crippen molar-refractivity contribution in [2.45, 2.75) is 49.0 Å². The third-order valence-electron chi connectivity index (χ3n) is 2.72. The summed E-state index contributed by atoms with van der Waals surface area (Å²) in [6.45, 7) is 6.59. The molecular weight excluding hydrogens is 376 g/mol. The number of hydrogen-bond acceptors (Lipinski definition) is 4. The molecular formula is C12H22F4N2O4S2. The summed E-state index contributed by atoms with van der Waals surface area (Å²) in [6.07, 6.45) is -3.04. The first-order valence-corrected chi connectivity index (χ1v) is 9.82. The monoisotopic (exact) mass is 398 g/mol. The van der Waals surface area contributed by atoms with Crippen molar-refractivity contribution in [1.82, 2.24) is 0 Å². The summed E-state index contributed by atoms with van der Waals surface area (Å²) in [5.74, 6) is 0. The molecule has 6 nitrogen and oxygen atoms in total. The molecule has 0 aromatic heterocycles. The Morgan fingerprint density at radius 2 is 1.00 bits per heavy atom. The maximum Gasteiger partial charge on any atom is 0.256 e. The number of nitrogens with two attached hydrogens (primary N) is 2. The third kappa shape index (κ3) is 11.5. The second-order valence-electron chi connectivity index (χ2n) is 4.66. The van der Waals surface area contributed by atoms with Crippen LogP contribution in [0, 0.1) is 0 Å². The molecule has 0 fully saturated rings. The van der Waals surface area contributed by atoms with Crippen LogP contribution < -0.4 is 10.3 Å². The fourth-order valence-electron chi connectivity index (χ4n) is 1.43. The average Bonchev–Trinajstić information content (AvgIpc) is 2.36. The molecule has 4 N–H and O–H groups in total. The normalized spacial score (nSPS) is 14.7. The summed E-state index contributed by atoms with van der Waals surface area (Å²) in [5, 5.41) is 5.62. The lowest BCUT2D eigenvalue weighted by Gasteiger charge is -2.11. The molecule has 0 unspecified atom stereocenters. The zero-order valence-corrected chi connectivity index (χ0v) is 14.5. The molecule has 0 aromatic carbocycles. The molecule has 0 saturated heterocycles. The Bertz CT molecular complexity index is 528. The van der Waals surface area contributed by atoms with E-state index in [0.717, 1.165) is 0 Å². The summed E-state index contributed by atoms with van der Waals surface area (Å²) < 4.78 is 90.3. The van der Waals surface area contributed by atoms with Gasteiger partial charge in [0.05, 0.1) is 0 Å². The van der Waals surface area contributed by atoms with Crippen LogP contribution in [0.25, 0.3) is 0 Å². The minimum Gasteiger partial charge on any atom is -0.228 e. The quantitative estimate of drug-likeness (QED) is 0.430. The van der Waals surface area contributed by atoms with Crippen molar-refractivity contribution in [2.24, 2.45) is 10.3 Å². The van der Waals surface area contributed by atoms with E-state index in [1.165, 1.54) is 12.2 Å². The van der Waals surface area contributed by atoms with Crippen LogP contribution >= 0.6 is 0 Å². The molecule has 0 heterocycles. The van der Waals surface area contributed by atoms with Crippen molar-refractivity contribution in [2.75, 3.05) is 0 Å². The van der Waals surface area contributed by atoms with Crippen molar-refractivity contribution >= 4 is 20.0 Å². The van der Waals surface area contributed by atoms with Gasteiger partial charge in [-0.15, -0.1) is 13.2 Å². The molecule has 144 valence electrons. The molecule has 0 aliphatic rings. The van der Waals surface area contributed by atoms with Gasteiger partial charge in [0.2, 0.25) is 20.0 Å². The molecule has 2 atom stereocenters. The number of alkyl halides is 4. The standard InChI is InChI=1S/2C6H11F2NO2S/c2*1-2-3-4-5(6(7)8)12(9,10)11/h2*2,5-6H,1,3-4H2,(H2,9,10,11)/t2*5-/m10/s1. The zero-order chi connectivity index (χ0) is 19.6. The second-order valence-corrected chi connectivity index (χ2v) is 8.22. The molecule has 0 rings (SSSR count). The highest BCUT2D eigenvalue weighted by Crippen LogP contribution is 2.15. The predicted octanol–water partition coefficient (Wildman–Crippen LogP) is 1.75. The van der Waals surface area contributed by atoms with Crippen LogP contribution in [0.4, 0.5) is 17.6 Å². The van der Waals surface area contributed by atoms with E-state index < -0.39 is 43.4 Å². The van der Waals surface area contributed by atoms with Gasteiger partial charge in [-0.3, -0.25) is 0 Å². The SMILES string of the molecule is C=CCC[C@@H](C(F)F)S(N)(=O)=O.C=CCC[C@H](C(F)F)S(N)(=O)=O. The van der Waals surface area contributed by atoms with Gasteiger partial charge >= 0.3 is 0 Å². The van der Waals surface area contributed by atoms with Crippen LogP contribution in [0.1, 0.15) is 25.7 Å². The Kier molecular flexibility index (Phi) is 12.2. The highest BCUT2D eigenvalue weighted by Gasteiger charge is 2.30. The number of hydrogen-bond donors (Lipinski definition) is 2. The van der Waals surface area contributed by atoms with E-state index in [2.05, 4.69) is 23.4 Å². The minimum absolute atomic E-state index is 0.181. The van der Waals surface area contributed by atoms with Gasteiger partial charge < -0.3 is 0 Å². The highest BCUT2D eigenvalue weighted by molar-refractivity contribution is 7.90. The minimum atomic E-state index is -4.13. The van der Waals surface area contributed by atoms with Crippen LogP contribution in [0.2, 0.25) is 0 Å². The fraction of sp³-hybridized carbons (Fsp3) is 0.667. The Labute approximate surface area is 139 Å². The smallest absolute Gasteiger partial charge is 0.228 e. The van der Waals surface area contributed by atoms with Gasteiger partial charge in [0.15, 0.2) is 0 Å². The number of halogens is 4. The first kappa shape index (κ1) is 25.3. The Morgan fingerprint density at radius 1 is 0.750 bits per heavy atom. The predicted molar refractivity (Wildman–Crippen MR) is 84.7 cm³/mol. The summed E-state index contributed by atoms with van der Waals surface area (Å²) in [7, 11) is -8.27. The Hall–Kier alpha value is -0.980. The van der Waals surface area contributed by atoms with Crippen molar-refractivity contribution in [3.05, 3.63) is 25.3 Å². The number of primary sulfonamides is 2. The van der Waals surface area contributed by atoms with Gasteiger partial charge in [-0.25, -0.2) is 44.7 Å². The lowest BCUT2D eigenvalue weighted by molar-refractivity contribution is 0.137.